The number of carbonyl (C=O) groups excluding carboxylic acids is 2. The molecule has 1 atom stereocenters. The summed E-state index contributed by atoms with van der Waals surface area (Å²) in [4.78, 5) is 29.7. The SMILES string of the molecule is CC(=O)N1CCCC(O)(C(=O)N2CCN(c3ccc(F)cc3)CC2)C1. The highest BCUT2D eigenvalue weighted by atomic mass is 19.1. The molecule has 136 valence electrons. The van der Waals surface area contributed by atoms with Crippen LogP contribution >= 0.6 is 0 Å². The van der Waals surface area contributed by atoms with Crippen LogP contribution in [0, 0.1) is 5.82 Å². The zero-order valence-electron chi connectivity index (χ0n) is 14.4. The summed E-state index contributed by atoms with van der Waals surface area (Å²) in [6, 6.07) is 6.31. The molecular formula is C18H24FN3O3. The van der Waals surface area contributed by atoms with E-state index in [0.29, 0.717) is 45.6 Å². The van der Waals surface area contributed by atoms with Crippen LogP contribution in [0.2, 0.25) is 0 Å². The number of halogens is 1. The summed E-state index contributed by atoms with van der Waals surface area (Å²) >= 11 is 0. The van der Waals surface area contributed by atoms with Crippen LogP contribution in [-0.4, -0.2) is 71.6 Å². The highest BCUT2D eigenvalue weighted by Crippen LogP contribution is 2.25. The van der Waals surface area contributed by atoms with Crippen LogP contribution in [0.3, 0.4) is 0 Å². The highest BCUT2D eigenvalue weighted by Gasteiger charge is 2.43. The van der Waals surface area contributed by atoms with Gasteiger partial charge in [0.05, 0.1) is 6.54 Å². The molecule has 2 saturated heterocycles. The Morgan fingerprint density at radius 2 is 1.68 bits per heavy atom. The van der Waals surface area contributed by atoms with Crippen molar-refractivity contribution < 1.29 is 19.1 Å². The molecule has 0 radical (unpaired) electrons. The number of benzene rings is 1. The molecule has 1 aromatic rings. The Balaban J connectivity index is 1.61. The Labute approximate surface area is 146 Å². The van der Waals surface area contributed by atoms with Crippen molar-refractivity contribution in [2.45, 2.75) is 25.4 Å². The van der Waals surface area contributed by atoms with Gasteiger partial charge in [-0.3, -0.25) is 9.59 Å². The Bertz CT molecular complexity index is 643. The number of hydrogen-bond donors (Lipinski definition) is 1. The second-order valence-electron chi connectivity index (χ2n) is 6.83. The van der Waals surface area contributed by atoms with Crippen LogP contribution < -0.4 is 4.90 Å². The number of amides is 2. The number of piperidine rings is 1. The van der Waals surface area contributed by atoms with Crippen molar-refractivity contribution in [1.29, 1.82) is 0 Å². The third-order valence-corrected chi connectivity index (χ3v) is 5.07. The summed E-state index contributed by atoms with van der Waals surface area (Å²) in [7, 11) is 0. The van der Waals surface area contributed by atoms with Crippen LogP contribution in [0.1, 0.15) is 19.8 Å². The van der Waals surface area contributed by atoms with Crippen molar-refractivity contribution in [2.75, 3.05) is 44.2 Å². The minimum absolute atomic E-state index is 0.0688. The van der Waals surface area contributed by atoms with E-state index in [0.717, 1.165) is 5.69 Å². The topological polar surface area (TPSA) is 64.1 Å². The van der Waals surface area contributed by atoms with Crippen molar-refractivity contribution in [2.24, 2.45) is 0 Å². The Hall–Kier alpha value is -2.15. The van der Waals surface area contributed by atoms with E-state index in [1.54, 1.807) is 17.0 Å². The molecule has 2 heterocycles. The van der Waals surface area contributed by atoms with Gasteiger partial charge in [0.15, 0.2) is 5.60 Å². The molecule has 1 unspecified atom stereocenters. The van der Waals surface area contributed by atoms with Crippen molar-refractivity contribution in [3.8, 4) is 0 Å². The number of aliphatic hydroxyl groups is 1. The van der Waals surface area contributed by atoms with Gasteiger partial charge in [-0.25, -0.2) is 4.39 Å². The summed E-state index contributed by atoms with van der Waals surface area (Å²) in [5, 5.41) is 10.8. The molecule has 3 rings (SSSR count). The van der Waals surface area contributed by atoms with Gasteiger partial charge < -0.3 is 19.8 Å². The fraction of sp³-hybridized carbons (Fsp3) is 0.556. The number of anilines is 1. The van der Waals surface area contributed by atoms with E-state index >= 15 is 0 Å². The standard InChI is InChI=1S/C18H24FN3O3/c1-14(23)22-8-2-7-18(25,13-22)17(24)21-11-9-20(10-12-21)16-5-3-15(19)4-6-16/h3-6,25H,2,7-13H2,1H3. The third kappa shape index (κ3) is 3.76. The summed E-state index contributed by atoms with van der Waals surface area (Å²) in [6.07, 6.45) is 1.01. The number of nitrogens with zero attached hydrogens (tertiary/aromatic N) is 3. The third-order valence-electron chi connectivity index (χ3n) is 5.07. The summed E-state index contributed by atoms with van der Waals surface area (Å²) < 4.78 is 13.0. The van der Waals surface area contributed by atoms with Crippen molar-refractivity contribution in [1.82, 2.24) is 9.80 Å². The molecule has 1 aromatic carbocycles. The van der Waals surface area contributed by atoms with Gasteiger partial charge in [0, 0.05) is 45.3 Å². The Morgan fingerprint density at radius 3 is 2.28 bits per heavy atom. The summed E-state index contributed by atoms with van der Waals surface area (Å²) in [6.45, 7) is 4.37. The molecule has 0 saturated carbocycles. The van der Waals surface area contributed by atoms with E-state index in [4.69, 9.17) is 0 Å². The van der Waals surface area contributed by atoms with E-state index < -0.39 is 5.60 Å². The first-order valence-corrected chi connectivity index (χ1v) is 8.67. The molecule has 6 nitrogen and oxygen atoms in total. The van der Waals surface area contributed by atoms with E-state index in [9.17, 15) is 19.1 Å². The molecule has 2 fully saturated rings. The maximum Gasteiger partial charge on any atom is 0.256 e. The van der Waals surface area contributed by atoms with Crippen molar-refractivity contribution in [3.63, 3.8) is 0 Å². The summed E-state index contributed by atoms with van der Waals surface area (Å²) in [5.74, 6) is -0.684. The minimum atomic E-state index is -1.48. The average Bonchev–Trinajstić information content (AvgIpc) is 2.62. The maximum atomic E-state index is 13.0. The van der Waals surface area contributed by atoms with Crippen LogP contribution in [0.5, 0.6) is 0 Å². The van der Waals surface area contributed by atoms with E-state index in [-0.39, 0.29) is 24.2 Å². The summed E-state index contributed by atoms with van der Waals surface area (Å²) in [5.41, 5.74) is -0.560. The number of likely N-dealkylation sites (tertiary alicyclic amines) is 1. The quantitative estimate of drug-likeness (QED) is 0.860. The zero-order chi connectivity index (χ0) is 18.0. The minimum Gasteiger partial charge on any atom is -0.378 e. The molecule has 2 amide bonds. The molecule has 0 spiro atoms. The number of carbonyl (C=O) groups is 2. The van der Waals surface area contributed by atoms with Crippen molar-refractivity contribution in [3.05, 3.63) is 30.1 Å². The Kier molecular flexibility index (Phi) is 4.94. The largest absolute Gasteiger partial charge is 0.378 e. The number of hydrogen-bond acceptors (Lipinski definition) is 4. The van der Waals surface area contributed by atoms with Gasteiger partial charge in [-0.1, -0.05) is 0 Å². The molecule has 0 aromatic heterocycles. The monoisotopic (exact) mass is 349 g/mol. The lowest BCUT2D eigenvalue weighted by Gasteiger charge is -2.43. The van der Waals surface area contributed by atoms with Gasteiger partial charge in [0.25, 0.3) is 5.91 Å². The second-order valence-corrected chi connectivity index (χ2v) is 6.83. The first kappa shape index (κ1) is 17.7. The fourth-order valence-corrected chi connectivity index (χ4v) is 3.59. The maximum absolute atomic E-state index is 13.0. The smallest absolute Gasteiger partial charge is 0.256 e. The zero-order valence-corrected chi connectivity index (χ0v) is 14.4. The molecule has 25 heavy (non-hydrogen) atoms. The van der Waals surface area contributed by atoms with Gasteiger partial charge in [-0.05, 0) is 37.1 Å². The Morgan fingerprint density at radius 1 is 1.04 bits per heavy atom. The fourth-order valence-electron chi connectivity index (χ4n) is 3.59. The van der Waals surface area contributed by atoms with Gasteiger partial charge in [0.1, 0.15) is 5.82 Å². The van der Waals surface area contributed by atoms with Crippen LogP contribution in [0.4, 0.5) is 10.1 Å². The first-order valence-electron chi connectivity index (χ1n) is 8.67. The van der Waals surface area contributed by atoms with Crippen LogP contribution in [0.15, 0.2) is 24.3 Å². The van der Waals surface area contributed by atoms with Crippen molar-refractivity contribution >= 4 is 17.5 Å². The van der Waals surface area contributed by atoms with Crippen LogP contribution in [-0.2, 0) is 9.59 Å². The molecule has 0 bridgehead atoms. The number of piperazine rings is 1. The number of β-amino-alcohol motifs (C(OH)–C–C–N with tert-alkyl or cyclic N) is 1. The average molecular weight is 349 g/mol. The van der Waals surface area contributed by atoms with E-state index in [1.807, 2.05) is 0 Å². The van der Waals surface area contributed by atoms with Crippen LogP contribution in [0.25, 0.3) is 0 Å². The van der Waals surface area contributed by atoms with Gasteiger partial charge in [-0.2, -0.15) is 0 Å². The molecule has 0 aliphatic carbocycles. The van der Waals surface area contributed by atoms with E-state index in [2.05, 4.69) is 4.90 Å². The van der Waals surface area contributed by atoms with Gasteiger partial charge >= 0.3 is 0 Å². The number of rotatable bonds is 2. The molecule has 1 N–H and O–H groups in total. The normalized spacial score (nSPS) is 24.4. The lowest BCUT2D eigenvalue weighted by Crippen LogP contribution is -2.61. The predicted molar refractivity (Wildman–Crippen MR) is 91.6 cm³/mol. The lowest BCUT2D eigenvalue weighted by molar-refractivity contribution is -0.160. The highest BCUT2D eigenvalue weighted by molar-refractivity contribution is 5.86. The second kappa shape index (κ2) is 7.00. The van der Waals surface area contributed by atoms with E-state index in [1.165, 1.54) is 24.0 Å². The molecular weight excluding hydrogens is 325 g/mol. The predicted octanol–water partition coefficient (Wildman–Crippen LogP) is 0.848. The van der Waals surface area contributed by atoms with Gasteiger partial charge in [-0.15, -0.1) is 0 Å². The van der Waals surface area contributed by atoms with Gasteiger partial charge in [0.2, 0.25) is 5.91 Å². The molecule has 7 heteroatoms. The first-order chi connectivity index (χ1) is 11.9. The lowest BCUT2D eigenvalue weighted by atomic mass is 9.91. The molecule has 2 aliphatic rings. The molecule has 2 aliphatic heterocycles.